The Morgan fingerprint density at radius 3 is 2.79 bits per heavy atom. The van der Waals surface area contributed by atoms with Crippen molar-refractivity contribution in [1.29, 1.82) is 0 Å². The fourth-order valence-electron chi connectivity index (χ4n) is 3.96. The molecule has 0 spiro atoms. The van der Waals surface area contributed by atoms with Crippen LogP contribution in [0.5, 0.6) is 0 Å². The van der Waals surface area contributed by atoms with Crippen molar-refractivity contribution in [2.45, 2.75) is 25.7 Å². The lowest BCUT2D eigenvalue weighted by Gasteiger charge is -2.14. The van der Waals surface area contributed by atoms with Gasteiger partial charge in [0.05, 0.1) is 46.2 Å². The van der Waals surface area contributed by atoms with Gasteiger partial charge in [-0.05, 0) is 37.1 Å². The molecule has 0 fully saturated rings. The number of aryl methyl sites for hydroxylation is 1. The predicted molar refractivity (Wildman–Crippen MR) is 130 cm³/mol. The zero-order valence-electron chi connectivity index (χ0n) is 18.2. The van der Waals surface area contributed by atoms with Gasteiger partial charge < -0.3 is 10.1 Å². The number of esters is 1. The van der Waals surface area contributed by atoms with Gasteiger partial charge >= 0.3 is 5.97 Å². The van der Waals surface area contributed by atoms with Crippen LogP contribution in [0.1, 0.15) is 24.1 Å². The first-order valence-corrected chi connectivity index (χ1v) is 11.9. The summed E-state index contributed by atoms with van der Waals surface area (Å²) >= 11 is 7.94. The first-order chi connectivity index (χ1) is 16.5. The van der Waals surface area contributed by atoms with Crippen LogP contribution >= 0.6 is 22.9 Å². The molecule has 1 aliphatic carbocycles. The van der Waals surface area contributed by atoms with Crippen LogP contribution in [-0.4, -0.2) is 38.7 Å². The van der Waals surface area contributed by atoms with Gasteiger partial charge in [-0.2, -0.15) is 5.10 Å². The molecule has 0 atom stereocenters. The van der Waals surface area contributed by atoms with Gasteiger partial charge in [-0.15, -0.1) is 0 Å². The van der Waals surface area contributed by atoms with Crippen LogP contribution in [0.15, 0.2) is 48.8 Å². The Labute approximate surface area is 204 Å². The Balaban J connectivity index is 1.57. The molecule has 0 saturated heterocycles. The van der Waals surface area contributed by atoms with Gasteiger partial charge in [0.15, 0.2) is 5.13 Å². The minimum atomic E-state index is -0.426. The van der Waals surface area contributed by atoms with Crippen molar-refractivity contribution in [3.8, 4) is 27.5 Å². The third-order valence-electron chi connectivity index (χ3n) is 5.55. The van der Waals surface area contributed by atoms with Crippen molar-refractivity contribution in [2.75, 3.05) is 12.4 Å². The molecule has 3 aromatic heterocycles. The number of aromatic nitrogens is 4. The van der Waals surface area contributed by atoms with Gasteiger partial charge in [0.1, 0.15) is 0 Å². The Morgan fingerprint density at radius 1 is 1.18 bits per heavy atom. The number of ether oxygens (including phenoxy) is 1. The highest BCUT2D eigenvalue weighted by molar-refractivity contribution is 7.19. The van der Waals surface area contributed by atoms with Crippen LogP contribution in [-0.2, 0) is 27.2 Å². The van der Waals surface area contributed by atoms with E-state index in [4.69, 9.17) is 16.7 Å². The number of nitrogens with zero attached hydrogens (tertiary/aromatic N) is 4. The number of pyridine rings is 1. The number of nitrogens with one attached hydrogen (secondary N) is 1. The summed E-state index contributed by atoms with van der Waals surface area (Å²) < 4.78 is 6.46. The number of anilines is 1. The van der Waals surface area contributed by atoms with Gasteiger partial charge in [-0.25, -0.2) is 9.67 Å². The minimum Gasteiger partial charge on any atom is -0.469 e. The molecular formula is C24H20ClN5O3S. The average molecular weight is 494 g/mol. The number of hydrogen-bond donors (Lipinski definition) is 1. The van der Waals surface area contributed by atoms with E-state index in [1.165, 1.54) is 18.4 Å². The third kappa shape index (κ3) is 4.20. The van der Waals surface area contributed by atoms with E-state index in [0.717, 1.165) is 51.6 Å². The second kappa shape index (κ2) is 9.36. The Kier molecular flexibility index (Phi) is 6.12. The van der Waals surface area contributed by atoms with Gasteiger partial charge in [0.25, 0.3) is 0 Å². The Morgan fingerprint density at radius 2 is 2.03 bits per heavy atom. The maximum absolute atomic E-state index is 12.3. The number of hydrogen-bond acceptors (Lipinski definition) is 7. The average Bonchev–Trinajstić information content (AvgIpc) is 3.44. The van der Waals surface area contributed by atoms with Crippen LogP contribution < -0.4 is 5.32 Å². The number of benzene rings is 1. The third-order valence-corrected chi connectivity index (χ3v) is 6.89. The molecule has 8 nitrogen and oxygen atoms in total. The van der Waals surface area contributed by atoms with Gasteiger partial charge in [-0.1, -0.05) is 35.1 Å². The molecule has 1 amide bonds. The largest absolute Gasteiger partial charge is 0.469 e. The van der Waals surface area contributed by atoms with E-state index in [1.54, 1.807) is 12.4 Å². The normalized spacial score (nSPS) is 12.1. The van der Waals surface area contributed by atoms with E-state index in [-0.39, 0.29) is 18.7 Å². The van der Waals surface area contributed by atoms with Crippen molar-refractivity contribution in [2.24, 2.45) is 0 Å². The molecule has 172 valence electrons. The number of amides is 1. The number of para-hydroxylation sites is 1. The highest BCUT2D eigenvalue weighted by atomic mass is 35.5. The summed E-state index contributed by atoms with van der Waals surface area (Å²) in [5, 5.41) is 8.84. The molecule has 0 saturated carbocycles. The lowest BCUT2D eigenvalue weighted by Crippen LogP contribution is -2.13. The molecule has 5 rings (SSSR count). The summed E-state index contributed by atoms with van der Waals surface area (Å²) in [5.74, 6) is -0.711. The summed E-state index contributed by atoms with van der Waals surface area (Å²) in [4.78, 5) is 33.5. The number of rotatable bonds is 6. The van der Waals surface area contributed by atoms with Gasteiger partial charge in [0, 0.05) is 29.9 Å². The zero-order valence-corrected chi connectivity index (χ0v) is 19.8. The summed E-state index contributed by atoms with van der Waals surface area (Å²) in [6.45, 7) is 0. The van der Waals surface area contributed by atoms with Gasteiger partial charge in [-0.3, -0.25) is 14.6 Å². The van der Waals surface area contributed by atoms with Crippen LogP contribution in [0.2, 0.25) is 5.02 Å². The maximum atomic E-state index is 12.3. The molecule has 34 heavy (non-hydrogen) atoms. The van der Waals surface area contributed by atoms with Crippen molar-refractivity contribution < 1.29 is 14.3 Å². The molecule has 1 aliphatic rings. The SMILES string of the molecule is COC(=O)CCC(=O)Nc1nc2c(s1)-c1c(c(-c3cccnc3)nn1-c1ccccc1Cl)CC2. The maximum Gasteiger partial charge on any atom is 0.306 e. The summed E-state index contributed by atoms with van der Waals surface area (Å²) in [5.41, 5.74) is 5.44. The summed E-state index contributed by atoms with van der Waals surface area (Å²) in [6.07, 6.45) is 5.05. The van der Waals surface area contributed by atoms with Gasteiger partial charge in [0.2, 0.25) is 5.91 Å². The highest BCUT2D eigenvalue weighted by Gasteiger charge is 2.30. The number of halogens is 1. The quantitative estimate of drug-likeness (QED) is 0.391. The minimum absolute atomic E-state index is 0.0192. The van der Waals surface area contributed by atoms with Crippen LogP contribution in [0, 0.1) is 0 Å². The first-order valence-electron chi connectivity index (χ1n) is 10.7. The lowest BCUT2D eigenvalue weighted by atomic mass is 9.95. The summed E-state index contributed by atoms with van der Waals surface area (Å²) in [6, 6.07) is 11.4. The molecule has 1 aromatic carbocycles. The second-order valence-electron chi connectivity index (χ2n) is 7.70. The fourth-order valence-corrected chi connectivity index (χ4v) is 5.26. The predicted octanol–water partition coefficient (Wildman–Crippen LogP) is 4.70. The van der Waals surface area contributed by atoms with Crippen LogP contribution in [0.3, 0.4) is 0 Å². The molecular weight excluding hydrogens is 474 g/mol. The van der Waals surface area contributed by atoms with Crippen molar-refractivity contribution in [3.63, 3.8) is 0 Å². The second-order valence-corrected chi connectivity index (χ2v) is 9.11. The number of carbonyl (C=O) groups excluding carboxylic acids is 2. The molecule has 0 unspecified atom stereocenters. The number of fused-ring (bicyclic) bond motifs is 3. The molecule has 10 heteroatoms. The molecule has 0 radical (unpaired) electrons. The lowest BCUT2D eigenvalue weighted by molar-refractivity contribution is -0.141. The monoisotopic (exact) mass is 493 g/mol. The van der Waals surface area contributed by atoms with E-state index in [1.807, 2.05) is 41.1 Å². The van der Waals surface area contributed by atoms with E-state index in [2.05, 4.69) is 20.0 Å². The smallest absolute Gasteiger partial charge is 0.306 e. The van der Waals surface area contributed by atoms with Crippen LogP contribution in [0.25, 0.3) is 27.5 Å². The molecule has 4 aromatic rings. The van der Waals surface area contributed by atoms with Crippen LogP contribution in [0.4, 0.5) is 5.13 Å². The summed E-state index contributed by atoms with van der Waals surface area (Å²) in [7, 11) is 1.30. The molecule has 0 bridgehead atoms. The topological polar surface area (TPSA) is 99.0 Å². The van der Waals surface area contributed by atoms with E-state index >= 15 is 0 Å². The first kappa shape index (κ1) is 22.2. The van der Waals surface area contributed by atoms with E-state index in [0.29, 0.717) is 10.2 Å². The van der Waals surface area contributed by atoms with Crippen molar-refractivity contribution in [3.05, 3.63) is 65.1 Å². The Hall–Kier alpha value is -3.56. The fraction of sp³-hybridized carbons (Fsp3) is 0.208. The molecule has 3 heterocycles. The standard InChI is InChI=1S/C24H20ClN5O3S/c1-33-20(32)11-10-19(31)28-24-27-17-9-8-15-21(14-5-4-12-26-13-14)29-30(22(15)23(17)34-24)18-7-3-2-6-16(18)25/h2-7,12-13H,8-11H2,1H3,(H,27,28,31). The zero-order chi connectivity index (χ0) is 23.7. The number of thiazole rings is 1. The van der Waals surface area contributed by atoms with E-state index < -0.39 is 5.97 Å². The number of carbonyl (C=O) groups is 2. The highest BCUT2D eigenvalue weighted by Crippen LogP contribution is 2.44. The molecule has 0 aliphatic heterocycles. The van der Waals surface area contributed by atoms with Crippen molar-refractivity contribution in [1.82, 2.24) is 19.7 Å². The van der Waals surface area contributed by atoms with E-state index in [9.17, 15) is 9.59 Å². The number of methoxy groups -OCH3 is 1. The van der Waals surface area contributed by atoms with Crippen molar-refractivity contribution >= 4 is 39.9 Å². The molecule has 1 N–H and O–H groups in total. The Bertz CT molecular complexity index is 1380.